The van der Waals surface area contributed by atoms with Crippen LogP contribution in [0.25, 0.3) is 10.6 Å². The molecule has 9 heteroatoms. The number of nitrogens with one attached hydrogen (secondary N) is 1. The Labute approximate surface area is 155 Å². The Kier molecular flexibility index (Phi) is 5.29. The second kappa shape index (κ2) is 7.63. The first-order chi connectivity index (χ1) is 12.4. The molecule has 0 aliphatic rings. The van der Waals surface area contributed by atoms with E-state index in [4.69, 9.17) is 0 Å². The standard InChI is InChI=1S/C17H16N4O3S2/c1-26(23,24)21(14-10-6-3-7-11-14)12-15(22)18-17-20-19-16(25-17)13-8-4-2-5-9-13/h2-11H,12H2,1H3,(H,18,20,22). The minimum Gasteiger partial charge on any atom is -0.299 e. The zero-order chi connectivity index (χ0) is 18.6. The molecule has 0 aliphatic heterocycles. The number of aromatic nitrogens is 2. The number of anilines is 2. The van der Waals surface area contributed by atoms with Crippen molar-refractivity contribution in [2.75, 3.05) is 22.4 Å². The van der Waals surface area contributed by atoms with Gasteiger partial charge in [0, 0.05) is 5.56 Å². The van der Waals surface area contributed by atoms with Crippen molar-refractivity contribution in [1.29, 1.82) is 0 Å². The number of rotatable bonds is 6. The van der Waals surface area contributed by atoms with Crippen LogP contribution in [0.1, 0.15) is 0 Å². The number of benzene rings is 2. The third kappa shape index (κ3) is 4.44. The summed E-state index contributed by atoms with van der Waals surface area (Å²) in [6, 6.07) is 17.9. The van der Waals surface area contributed by atoms with Crippen molar-refractivity contribution in [2.45, 2.75) is 0 Å². The van der Waals surface area contributed by atoms with Crippen molar-refractivity contribution in [1.82, 2.24) is 10.2 Å². The van der Waals surface area contributed by atoms with E-state index in [1.54, 1.807) is 30.3 Å². The predicted molar refractivity (Wildman–Crippen MR) is 103 cm³/mol. The molecule has 3 rings (SSSR count). The van der Waals surface area contributed by atoms with E-state index in [1.807, 2.05) is 30.3 Å². The van der Waals surface area contributed by atoms with Gasteiger partial charge >= 0.3 is 0 Å². The third-order valence-corrected chi connectivity index (χ3v) is 5.45. The number of sulfonamides is 1. The molecule has 0 bridgehead atoms. The largest absolute Gasteiger partial charge is 0.299 e. The average molecular weight is 388 g/mol. The molecule has 1 heterocycles. The number of carbonyl (C=O) groups is 1. The van der Waals surface area contributed by atoms with Crippen LogP contribution in [-0.4, -0.2) is 37.3 Å². The lowest BCUT2D eigenvalue weighted by Gasteiger charge is -2.21. The second-order valence-electron chi connectivity index (χ2n) is 5.43. The number of nitrogens with zero attached hydrogens (tertiary/aromatic N) is 3. The van der Waals surface area contributed by atoms with Gasteiger partial charge in [-0.25, -0.2) is 8.42 Å². The fourth-order valence-electron chi connectivity index (χ4n) is 2.25. The summed E-state index contributed by atoms with van der Waals surface area (Å²) >= 11 is 1.22. The van der Waals surface area contributed by atoms with Crippen LogP contribution in [0.4, 0.5) is 10.8 Å². The molecule has 7 nitrogen and oxygen atoms in total. The first kappa shape index (κ1) is 18.0. The molecule has 0 atom stereocenters. The van der Waals surface area contributed by atoms with Crippen LogP contribution in [0, 0.1) is 0 Å². The van der Waals surface area contributed by atoms with E-state index in [0.717, 1.165) is 16.1 Å². The molecule has 3 aromatic rings. The van der Waals surface area contributed by atoms with Crippen LogP contribution in [0.5, 0.6) is 0 Å². The maximum atomic E-state index is 12.3. The van der Waals surface area contributed by atoms with E-state index in [9.17, 15) is 13.2 Å². The molecule has 1 N–H and O–H groups in total. The zero-order valence-electron chi connectivity index (χ0n) is 13.9. The molecule has 0 fully saturated rings. The van der Waals surface area contributed by atoms with Gasteiger partial charge in [-0.3, -0.25) is 14.4 Å². The second-order valence-corrected chi connectivity index (χ2v) is 8.32. The predicted octanol–water partition coefficient (Wildman–Crippen LogP) is 2.61. The molecule has 1 aromatic heterocycles. The van der Waals surface area contributed by atoms with Gasteiger partial charge in [-0.15, -0.1) is 10.2 Å². The molecular formula is C17H16N4O3S2. The van der Waals surface area contributed by atoms with Gasteiger partial charge in [-0.05, 0) is 12.1 Å². The van der Waals surface area contributed by atoms with Gasteiger partial charge in [0.15, 0.2) is 0 Å². The number of para-hydroxylation sites is 1. The molecular weight excluding hydrogens is 372 g/mol. The lowest BCUT2D eigenvalue weighted by Crippen LogP contribution is -2.37. The lowest BCUT2D eigenvalue weighted by atomic mass is 10.2. The summed E-state index contributed by atoms with van der Waals surface area (Å²) in [6.07, 6.45) is 1.06. The highest BCUT2D eigenvalue weighted by atomic mass is 32.2. The normalized spacial score (nSPS) is 11.1. The quantitative estimate of drug-likeness (QED) is 0.701. The number of hydrogen-bond donors (Lipinski definition) is 1. The fraction of sp³-hybridized carbons (Fsp3) is 0.118. The fourth-order valence-corrected chi connectivity index (χ4v) is 3.88. The van der Waals surface area contributed by atoms with Crippen LogP contribution in [-0.2, 0) is 14.8 Å². The Morgan fingerprint density at radius 1 is 1.04 bits per heavy atom. The summed E-state index contributed by atoms with van der Waals surface area (Å²) in [5.74, 6) is -0.491. The van der Waals surface area contributed by atoms with Gasteiger partial charge in [-0.2, -0.15) is 0 Å². The topological polar surface area (TPSA) is 92.3 Å². The van der Waals surface area contributed by atoms with E-state index >= 15 is 0 Å². The Hall–Kier alpha value is -2.78. The molecule has 26 heavy (non-hydrogen) atoms. The summed E-state index contributed by atoms with van der Waals surface area (Å²) < 4.78 is 25.1. The van der Waals surface area contributed by atoms with E-state index in [2.05, 4.69) is 15.5 Å². The first-order valence-corrected chi connectivity index (χ1v) is 10.3. The van der Waals surface area contributed by atoms with Gasteiger partial charge in [0.25, 0.3) is 0 Å². The first-order valence-electron chi connectivity index (χ1n) is 7.65. The van der Waals surface area contributed by atoms with Gasteiger partial charge in [0.05, 0.1) is 11.9 Å². The highest BCUT2D eigenvalue weighted by Gasteiger charge is 2.21. The molecule has 0 saturated heterocycles. The Balaban J connectivity index is 1.73. The van der Waals surface area contributed by atoms with Crippen LogP contribution in [0.2, 0.25) is 0 Å². The molecule has 0 radical (unpaired) electrons. The summed E-state index contributed by atoms with van der Waals surface area (Å²) in [6.45, 7) is -0.344. The minimum atomic E-state index is -3.60. The molecule has 0 aliphatic carbocycles. The number of amides is 1. The van der Waals surface area contributed by atoms with Gasteiger partial charge in [0.2, 0.25) is 21.1 Å². The SMILES string of the molecule is CS(=O)(=O)N(CC(=O)Nc1nnc(-c2ccccc2)s1)c1ccccc1. The monoisotopic (exact) mass is 388 g/mol. The summed E-state index contributed by atoms with van der Waals surface area (Å²) in [5.41, 5.74) is 1.32. The van der Waals surface area contributed by atoms with Gasteiger partial charge in [0.1, 0.15) is 11.6 Å². The van der Waals surface area contributed by atoms with E-state index in [1.165, 1.54) is 11.3 Å². The van der Waals surface area contributed by atoms with Crippen LogP contribution in [0.3, 0.4) is 0 Å². The van der Waals surface area contributed by atoms with Crippen LogP contribution in [0.15, 0.2) is 60.7 Å². The molecule has 0 spiro atoms. The summed E-state index contributed by atoms with van der Waals surface area (Å²) in [7, 11) is -3.60. The van der Waals surface area contributed by atoms with Crippen molar-refractivity contribution >= 4 is 38.1 Å². The molecule has 0 saturated carbocycles. The Bertz CT molecular complexity index is 989. The molecule has 0 unspecified atom stereocenters. The Morgan fingerprint density at radius 3 is 2.27 bits per heavy atom. The smallest absolute Gasteiger partial charge is 0.246 e. The van der Waals surface area contributed by atoms with E-state index in [0.29, 0.717) is 15.8 Å². The van der Waals surface area contributed by atoms with Crippen molar-refractivity contribution in [3.8, 4) is 10.6 Å². The molecule has 1 amide bonds. The van der Waals surface area contributed by atoms with Crippen LogP contribution < -0.4 is 9.62 Å². The summed E-state index contributed by atoms with van der Waals surface area (Å²) in [5, 5.41) is 11.6. The number of carbonyl (C=O) groups excluding carboxylic acids is 1. The maximum Gasteiger partial charge on any atom is 0.246 e. The Morgan fingerprint density at radius 2 is 1.65 bits per heavy atom. The lowest BCUT2D eigenvalue weighted by molar-refractivity contribution is -0.114. The number of hydrogen-bond acceptors (Lipinski definition) is 6. The zero-order valence-corrected chi connectivity index (χ0v) is 15.5. The summed E-state index contributed by atoms with van der Waals surface area (Å²) in [4.78, 5) is 12.3. The van der Waals surface area contributed by atoms with Gasteiger partial charge in [-0.1, -0.05) is 59.9 Å². The maximum absolute atomic E-state index is 12.3. The van der Waals surface area contributed by atoms with Crippen LogP contribution >= 0.6 is 11.3 Å². The van der Waals surface area contributed by atoms with Crippen molar-refractivity contribution < 1.29 is 13.2 Å². The average Bonchev–Trinajstić information content (AvgIpc) is 3.09. The molecule has 134 valence electrons. The molecule has 2 aromatic carbocycles. The highest BCUT2D eigenvalue weighted by Crippen LogP contribution is 2.26. The third-order valence-electron chi connectivity index (χ3n) is 3.42. The highest BCUT2D eigenvalue weighted by molar-refractivity contribution is 7.92. The van der Waals surface area contributed by atoms with E-state index < -0.39 is 15.9 Å². The van der Waals surface area contributed by atoms with Crippen molar-refractivity contribution in [2.24, 2.45) is 0 Å². The van der Waals surface area contributed by atoms with Crippen molar-refractivity contribution in [3.63, 3.8) is 0 Å². The van der Waals surface area contributed by atoms with E-state index in [-0.39, 0.29) is 6.54 Å². The minimum absolute atomic E-state index is 0.315. The van der Waals surface area contributed by atoms with Crippen molar-refractivity contribution in [3.05, 3.63) is 60.7 Å². The van der Waals surface area contributed by atoms with Gasteiger partial charge < -0.3 is 0 Å².